The van der Waals surface area contributed by atoms with Crippen molar-refractivity contribution in [3.8, 4) is 0 Å². The van der Waals surface area contributed by atoms with Gasteiger partial charge < -0.3 is 15.4 Å². The first kappa shape index (κ1) is 20.0. The van der Waals surface area contributed by atoms with Crippen LogP contribution in [0.3, 0.4) is 0 Å². The van der Waals surface area contributed by atoms with Gasteiger partial charge in [0.05, 0.1) is 0 Å². The van der Waals surface area contributed by atoms with Gasteiger partial charge in [0.15, 0.2) is 5.96 Å². The molecule has 1 aliphatic rings. The van der Waals surface area contributed by atoms with Gasteiger partial charge in [-0.15, -0.1) is 24.0 Å². The van der Waals surface area contributed by atoms with Gasteiger partial charge in [0.25, 0.3) is 0 Å². The summed E-state index contributed by atoms with van der Waals surface area (Å²) < 4.78 is 5.46. The molecule has 2 N–H and O–H groups in total. The minimum atomic E-state index is 0. The van der Waals surface area contributed by atoms with Gasteiger partial charge in [-0.1, -0.05) is 13.8 Å². The third kappa shape index (κ3) is 8.29. The molecule has 1 fully saturated rings. The Bertz CT molecular complexity index is 278. The summed E-state index contributed by atoms with van der Waals surface area (Å²) in [4.78, 5) is 4.28. The monoisotopic (exact) mass is 397 g/mol. The fraction of sp³-hybridized carbons (Fsp3) is 0.933. The lowest BCUT2D eigenvalue weighted by Crippen LogP contribution is -2.41. The van der Waals surface area contributed by atoms with Crippen LogP contribution in [-0.2, 0) is 4.74 Å². The average Bonchev–Trinajstić information content (AvgIpc) is 3.14. The number of hydrogen-bond acceptors (Lipinski definition) is 2. The molecule has 0 aromatic carbocycles. The summed E-state index contributed by atoms with van der Waals surface area (Å²) in [5.41, 5.74) is 0.463. The molecule has 1 rings (SSSR count). The van der Waals surface area contributed by atoms with E-state index in [9.17, 15) is 0 Å². The minimum Gasteiger partial charge on any atom is -0.382 e. The summed E-state index contributed by atoms with van der Waals surface area (Å²) in [5.74, 6) is 1.66. The van der Waals surface area contributed by atoms with Crippen molar-refractivity contribution in [3.63, 3.8) is 0 Å². The molecule has 0 saturated heterocycles. The summed E-state index contributed by atoms with van der Waals surface area (Å²) in [6, 6.07) is 0. The van der Waals surface area contributed by atoms with Crippen LogP contribution in [0.2, 0.25) is 0 Å². The molecule has 0 unspecified atom stereocenters. The van der Waals surface area contributed by atoms with Crippen LogP contribution in [0.1, 0.15) is 46.5 Å². The van der Waals surface area contributed by atoms with Crippen LogP contribution < -0.4 is 10.6 Å². The molecule has 0 bridgehead atoms. The number of rotatable bonds is 9. The van der Waals surface area contributed by atoms with Crippen molar-refractivity contribution in [2.24, 2.45) is 16.3 Å². The van der Waals surface area contributed by atoms with Gasteiger partial charge in [-0.2, -0.15) is 0 Å². The SMILES string of the molecule is CCOCCC1(CNC(=NC)NCCC(C)C)CC1.I. The predicted octanol–water partition coefficient (Wildman–Crippen LogP) is 3.02. The zero-order valence-corrected chi connectivity index (χ0v) is 15.8. The molecule has 0 spiro atoms. The van der Waals surface area contributed by atoms with E-state index in [-0.39, 0.29) is 24.0 Å². The number of ether oxygens (including phenoxy) is 1. The number of guanidine groups is 1. The van der Waals surface area contributed by atoms with Crippen LogP contribution in [0, 0.1) is 11.3 Å². The number of halogens is 1. The Labute approximate surface area is 141 Å². The Balaban J connectivity index is 0.00000361. The molecule has 0 radical (unpaired) electrons. The smallest absolute Gasteiger partial charge is 0.190 e. The fourth-order valence-corrected chi connectivity index (χ4v) is 2.10. The summed E-state index contributed by atoms with van der Waals surface area (Å²) in [7, 11) is 1.84. The van der Waals surface area contributed by atoms with Crippen molar-refractivity contribution in [2.75, 3.05) is 33.4 Å². The van der Waals surface area contributed by atoms with Crippen molar-refractivity contribution < 1.29 is 4.74 Å². The van der Waals surface area contributed by atoms with E-state index in [1.165, 1.54) is 19.3 Å². The highest BCUT2D eigenvalue weighted by Crippen LogP contribution is 2.48. The van der Waals surface area contributed by atoms with Crippen LogP contribution >= 0.6 is 24.0 Å². The Hall–Kier alpha value is -0.0400. The maximum Gasteiger partial charge on any atom is 0.190 e. The molecule has 4 nitrogen and oxygen atoms in total. The zero-order chi connectivity index (χ0) is 14.1. The van der Waals surface area contributed by atoms with E-state index < -0.39 is 0 Å². The lowest BCUT2D eigenvalue weighted by Gasteiger charge is -2.18. The second-order valence-electron chi connectivity index (χ2n) is 5.98. The van der Waals surface area contributed by atoms with Crippen LogP contribution in [0.5, 0.6) is 0 Å². The topological polar surface area (TPSA) is 45.6 Å². The molecular weight excluding hydrogens is 365 g/mol. The molecule has 0 atom stereocenters. The normalized spacial score (nSPS) is 16.8. The zero-order valence-electron chi connectivity index (χ0n) is 13.5. The van der Waals surface area contributed by atoms with E-state index in [1.807, 2.05) is 7.05 Å². The Morgan fingerprint density at radius 2 is 2.00 bits per heavy atom. The van der Waals surface area contributed by atoms with E-state index >= 15 is 0 Å². The molecule has 1 aliphatic carbocycles. The quantitative estimate of drug-likeness (QED) is 0.272. The van der Waals surface area contributed by atoms with E-state index in [0.29, 0.717) is 5.41 Å². The van der Waals surface area contributed by atoms with Gasteiger partial charge in [-0.05, 0) is 43.9 Å². The number of nitrogens with zero attached hydrogens (tertiary/aromatic N) is 1. The van der Waals surface area contributed by atoms with Gasteiger partial charge in [-0.25, -0.2) is 0 Å². The first-order valence-electron chi connectivity index (χ1n) is 7.64. The summed E-state index contributed by atoms with van der Waals surface area (Å²) >= 11 is 0. The summed E-state index contributed by atoms with van der Waals surface area (Å²) in [6.45, 7) is 10.2. The molecule has 1 saturated carbocycles. The number of hydrogen-bond donors (Lipinski definition) is 2. The Kier molecular flexibility index (Phi) is 10.6. The Morgan fingerprint density at radius 3 is 2.50 bits per heavy atom. The van der Waals surface area contributed by atoms with Crippen LogP contribution in [0.25, 0.3) is 0 Å². The molecule has 0 amide bonds. The van der Waals surface area contributed by atoms with E-state index in [4.69, 9.17) is 4.74 Å². The van der Waals surface area contributed by atoms with Crippen molar-refractivity contribution in [1.29, 1.82) is 0 Å². The largest absolute Gasteiger partial charge is 0.382 e. The summed E-state index contributed by atoms with van der Waals surface area (Å²) in [6.07, 6.45) is 4.97. The molecule has 20 heavy (non-hydrogen) atoms. The maximum atomic E-state index is 5.46. The molecule has 0 aromatic rings. The van der Waals surface area contributed by atoms with Gasteiger partial charge in [0.2, 0.25) is 0 Å². The molecule has 120 valence electrons. The third-order valence-corrected chi connectivity index (χ3v) is 3.81. The highest BCUT2D eigenvalue weighted by molar-refractivity contribution is 14.0. The van der Waals surface area contributed by atoms with Crippen molar-refractivity contribution in [2.45, 2.75) is 46.5 Å². The van der Waals surface area contributed by atoms with E-state index in [2.05, 4.69) is 36.4 Å². The average molecular weight is 397 g/mol. The highest BCUT2D eigenvalue weighted by atomic mass is 127. The van der Waals surface area contributed by atoms with Gasteiger partial charge in [0, 0.05) is 33.4 Å². The van der Waals surface area contributed by atoms with Crippen molar-refractivity contribution in [3.05, 3.63) is 0 Å². The second kappa shape index (κ2) is 10.7. The van der Waals surface area contributed by atoms with Crippen LogP contribution in [0.15, 0.2) is 4.99 Å². The Morgan fingerprint density at radius 1 is 1.30 bits per heavy atom. The number of aliphatic imine (C=N–C) groups is 1. The number of nitrogens with one attached hydrogen (secondary N) is 2. The summed E-state index contributed by atoms with van der Waals surface area (Å²) in [5, 5.41) is 6.83. The minimum absolute atomic E-state index is 0. The maximum absolute atomic E-state index is 5.46. The van der Waals surface area contributed by atoms with Crippen LogP contribution in [-0.4, -0.2) is 39.3 Å². The molecule has 0 aliphatic heterocycles. The van der Waals surface area contributed by atoms with Gasteiger partial charge in [0.1, 0.15) is 0 Å². The van der Waals surface area contributed by atoms with Gasteiger partial charge in [-0.3, -0.25) is 4.99 Å². The lowest BCUT2D eigenvalue weighted by atomic mass is 10.0. The molecule has 5 heteroatoms. The standard InChI is InChI=1S/C15H31N3O.HI/c1-5-19-11-9-15(7-8-15)12-18-14(16-4)17-10-6-13(2)3;/h13H,5-12H2,1-4H3,(H2,16,17,18);1H. The first-order valence-corrected chi connectivity index (χ1v) is 7.64. The second-order valence-corrected chi connectivity index (χ2v) is 5.98. The first-order chi connectivity index (χ1) is 9.12. The molecular formula is C15H32IN3O. The van der Waals surface area contributed by atoms with Crippen molar-refractivity contribution >= 4 is 29.9 Å². The van der Waals surface area contributed by atoms with E-state index in [1.54, 1.807) is 0 Å². The van der Waals surface area contributed by atoms with Crippen molar-refractivity contribution in [1.82, 2.24) is 10.6 Å². The third-order valence-electron chi connectivity index (χ3n) is 3.81. The highest BCUT2D eigenvalue weighted by Gasteiger charge is 2.41. The fourth-order valence-electron chi connectivity index (χ4n) is 2.10. The van der Waals surface area contributed by atoms with Crippen LogP contribution in [0.4, 0.5) is 0 Å². The predicted molar refractivity (Wildman–Crippen MR) is 97.0 cm³/mol. The molecule has 0 heterocycles. The molecule has 0 aromatic heterocycles. The lowest BCUT2D eigenvalue weighted by molar-refractivity contribution is 0.128. The van der Waals surface area contributed by atoms with Gasteiger partial charge >= 0.3 is 0 Å². The van der Waals surface area contributed by atoms with E-state index in [0.717, 1.165) is 44.6 Å².